The first-order chi connectivity index (χ1) is 11.3. The molecule has 0 aliphatic rings. The summed E-state index contributed by atoms with van der Waals surface area (Å²) >= 11 is 0. The molecule has 0 spiro atoms. The average molecular weight is 341 g/mol. The van der Waals surface area contributed by atoms with Crippen LogP contribution in [-0.2, 0) is 13.2 Å². The number of aromatic nitrogens is 2. The summed E-state index contributed by atoms with van der Waals surface area (Å²) in [5, 5.41) is 30.1. The molecule has 24 heavy (non-hydrogen) atoms. The minimum atomic E-state index is -1.13. The Morgan fingerprint density at radius 2 is 1.83 bits per heavy atom. The van der Waals surface area contributed by atoms with E-state index in [1.807, 2.05) is 0 Å². The van der Waals surface area contributed by atoms with E-state index < -0.39 is 11.7 Å². The van der Waals surface area contributed by atoms with Crippen LogP contribution in [0.2, 0.25) is 0 Å². The molecule has 0 radical (unpaired) electrons. The number of hydrogen-bond acceptors (Lipinski definition) is 4. The lowest BCUT2D eigenvalue weighted by Crippen LogP contribution is -2.42. The molecule has 1 aromatic heterocycles. The Morgan fingerprint density at radius 1 is 1.17 bits per heavy atom. The van der Waals surface area contributed by atoms with E-state index in [0.29, 0.717) is 18.2 Å². The van der Waals surface area contributed by atoms with Crippen molar-refractivity contribution in [3.63, 3.8) is 0 Å². The van der Waals surface area contributed by atoms with Crippen molar-refractivity contribution in [2.45, 2.75) is 91.1 Å². The van der Waals surface area contributed by atoms with Crippen molar-refractivity contribution in [2.24, 2.45) is 11.8 Å². The SMILES string of the molecule is CC(C)CCCC(C)CCCC(C)(O)C(O)Cn1ccnc1CO. The molecule has 0 saturated carbocycles. The van der Waals surface area contributed by atoms with Crippen LogP contribution in [0, 0.1) is 11.8 Å². The summed E-state index contributed by atoms with van der Waals surface area (Å²) in [5.41, 5.74) is -1.13. The summed E-state index contributed by atoms with van der Waals surface area (Å²) in [6.07, 6.45) is 8.75. The fourth-order valence-electron chi connectivity index (χ4n) is 3.03. The molecule has 0 fully saturated rings. The van der Waals surface area contributed by atoms with Gasteiger partial charge in [0, 0.05) is 12.4 Å². The first-order valence-corrected chi connectivity index (χ1v) is 9.27. The molecule has 5 nitrogen and oxygen atoms in total. The number of hydrogen-bond donors (Lipinski definition) is 3. The molecular weight excluding hydrogens is 304 g/mol. The minimum absolute atomic E-state index is 0.171. The van der Waals surface area contributed by atoms with Crippen molar-refractivity contribution in [3.8, 4) is 0 Å². The minimum Gasteiger partial charge on any atom is -0.388 e. The molecule has 0 aliphatic heterocycles. The smallest absolute Gasteiger partial charge is 0.134 e. The molecular formula is C19H36N2O3. The number of nitrogens with zero attached hydrogens (tertiary/aromatic N) is 2. The van der Waals surface area contributed by atoms with Crippen molar-refractivity contribution in [2.75, 3.05) is 0 Å². The van der Waals surface area contributed by atoms with E-state index in [9.17, 15) is 15.3 Å². The summed E-state index contributed by atoms with van der Waals surface area (Å²) in [7, 11) is 0. The van der Waals surface area contributed by atoms with Gasteiger partial charge in [-0.15, -0.1) is 0 Å². The largest absolute Gasteiger partial charge is 0.388 e. The van der Waals surface area contributed by atoms with Gasteiger partial charge >= 0.3 is 0 Å². The summed E-state index contributed by atoms with van der Waals surface area (Å²) in [5.74, 6) is 1.93. The van der Waals surface area contributed by atoms with Crippen molar-refractivity contribution in [3.05, 3.63) is 18.2 Å². The maximum atomic E-state index is 10.6. The molecule has 1 rings (SSSR count). The average Bonchev–Trinajstić information content (AvgIpc) is 2.93. The Balaban J connectivity index is 2.34. The lowest BCUT2D eigenvalue weighted by Gasteiger charge is -2.30. The fraction of sp³-hybridized carbons (Fsp3) is 0.842. The van der Waals surface area contributed by atoms with Crippen LogP contribution in [0.25, 0.3) is 0 Å². The zero-order valence-corrected chi connectivity index (χ0v) is 15.8. The monoisotopic (exact) mass is 340 g/mol. The molecule has 0 aliphatic carbocycles. The zero-order chi connectivity index (χ0) is 18.2. The van der Waals surface area contributed by atoms with Crippen LogP contribution in [0.3, 0.4) is 0 Å². The third-order valence-corrected chi connectivity index (χ3v) is 4.89. The van der Waals surface area contributed by atoms with Gasteiger partial charge in [0.2, 0.25) is 0 Å². The van der Waals surface area contributed by atoms with Crippen LogP contribution in [0.4, 0.5) is 0 Å². The first kappa shape index (κ1) is 21.1. The summed E-state index contributed by atoms with van der Waals surface area (Å²) in [6, 6.07) is 0. The highest BCUT2D eigenvalue weighted by molar-refractivity contribution is 4.93. The van der Waals surface area contributed by atoms with Gasteiger partial charge in [-0.25, -0.2) is 4.98 Å². The van der Waals surface area contributed by atoms with Gasteiger partial charge in [0.15, 0.2) is 0 Å². The van der Waals surface area contributed by atoms with Crippen LogP contribution in [0.5, 0.6) is 0 Å². The maximum absolute atomic E-state index is 10.6. The van der Waals surface area contributed by atoms with Crippen LogP contribution in [0.1, 0.15) is 72.0 Å². The number of rotatable bonds is 12. The molecule has 0 saturated heterocycles. The van der Waals surface area contributed by atoms with Crippen molar-refractivity contribution in [1.29, 1.82) is 0 Å². The highest BCUT2D eigenvalue weighted by Gasteiger charge is 2.30. The standard InChI is InChI=1S/C19H36N2O3/c1-15(2)7-5-8-16(3)9-6-10-19(4,24)17(23)13-21-12-11-20-18(21)14-22/h11-12,15-17,22-24H,5-10,13-14H2,1-4H3. The van der Waals surface area contributed by atoms with Gasteiger partial charge in [0.05, 0.1) is 12.1 Å². The van der Waals surface area contributed by atoms with E-state index in [-0.39, 0.29) is 13.2 Å². The van der Waals surface area contributed by atoms with Gasteiger partial charge in [-0.3, -0.25) is 0 Å². The molecule has 3 atom stereocenters. The second kappa shape index (κ2) is 10.2. The Labute approximate surface area is 146 Å². The van der Waals surface area contributed by atoms with E-state index >= 15 is 0 Å². The lowest BCUT2D eigenvalue weighted by molar-refractivity contribution is -0.0757. The third kappa shape index (κ3) is 7.32. The van der Waals surface area contributed by atoms with Gasteiger partial charge in [-0.05, 0) is 25.2 Å². The molecule has 140 valence electrons. The van der Waals surface area contributed by atoms with E-state index in [1.54, 1.807) is 23.9 Å². The second-order valence-corrected chi connectivity index (χ2v) is 7.85. The molecule has 0 amide bonds. The predicted molar refractivity (Wildman–Crippen MR) is 96.5 cm³/mol. The van der Waals surface area contributed by atoms with Crippen molar-refractivity contribution >= 4 is 0 Å². The molecule has 5 heteroatoms. The maximum Gasteiger partial charge on any atom is 0.134 e. The number of aliphatic hydroxyl groups excluding tert-OH is 2. The summed E-state index contributed by atoms with van der Waals surface area (Å²) in [6.45, 7) is 8.54. The molecule has 3 N–H and O–H groups in total. The fourth-order valence-corrected chi connectivity index (χ4v) is 3.03. The van der Waals surface area contributed by atoms with Gasteiger partial charge in [-0.2, -0.15) is 0 Å². The van der Waals surface area contributed by atoms with E-state index in [4.69, 9.17) is 0 Å². The Morgan fingerprint density at radius 3 is 2.46 bits per heavy atom. The number of aliphatic hydroxyl groups is 3. The van der Waals surface area contributed by atoms with Gasteiger partial charge < -0.3 is 19.9 Å². The van der Waals surface area contributed by atoms with Crippen LogP contribution in [0.15, 0.2) is 12.4 Å². The van der Waals surface area contributed by atoms with E-state index in [2.05, 4.69) is 25.8 Å². The topological polar surface area (TPSA) is 78.5 Å². The zero-order valence-electron chi connectivity index (χ0n) is 15.8. The normalized spacial score (nSPS) is 17.0. The quantitative estimate of drug-likeness (QED) is 0.546. The lowest BCUT2D eigenvalue weighted by atomic mass is 9.89. The van der Waals surface area contributed by atoms with E-state index in [1.165, 1.54) is 19.3 Å². The summed E-state index contributed by atoms with van der Waals surface area (Å²) in [4.78, 5) is 4.02. The van der Waals surface area contributed by atoms with Crippen LogP contribution >= 0.6 is 0 Å². The van der Waals surface area contributed by atoms with Gasteiger partial charge in [-0.1, -0.05) is 52.9 Å². The van der Waals surface area contributed by atoms with Gasteiger partial charge in [0.1, 0.15) is 18.5 Å². The number of imidazole rings is 1. The Kier molecular flexibility index (Phi) is 8.95. The third-order valence-electron chi connectivity index (χ3n) is 4.89. The van der Waals surface area contributed by atoms with Crippen LogP contribution in [-0.4, -0.2) is 36.6 Å². The first-order valence-electron chi connectivity index (χ1n) is 9.27. The highest BCUT2D eigenvalue weighted by Crippen LogP contribution is 2.24. The molecule has 0 aromatic carbocycles. The van der Waals surface area contributed by atoms with Gasteiger partial charge in [0.25, 0.3) is 0 Å². The molecule has 0 bridgehead atoms. The molecule has 3 unspecified atom stereocenters. The summed E-state index contributed by atoms with van der Waals surface area (Å²) < 4.78 is 1.69. The molecule has 1 heterocycles. The van der Waals surface area contributed by atoms with Crippen molar-refractivity contribution < 1.29 is 15.3 Å². The van der Waals surface area contributed by atoms with Crippen LogP contribution < -0.4 is 0 Å². The Hall–Kier alpha value is -0.910. The second-order valence-electron chi connectivity index (χ2n) is 7.85. The molecule has 1 aromatic rings. The van der Waals surface area contributed by atoms with Crippen molar-refractivity contribution in [1.82, 2.24) is 9.55 Å². The predicted octanol–water partition coefficient (Wildman–Crippen LogP) is 3.12. The van der Waals surface area contributed by atoms with E-state index in [0.717, 1.165) is 18.8 Å². The highest BCUT2D eigenvalue weighted by atomic mass is 16.3. The Bertz CT molecular complexity index is 457.